The lowest BCUT2D eigenvalue weighted by Gasteiger charge is -2.22. The molecule has 0 saturated heterocycles. The van der Waals surface area contributed by atoms with Crippen molar-refractivity contribution in [1.29, 1.82) is 0 Å². The maximum Gasteiger partial charge on any atom is 0.303 e. The summed E-state index contributed by atoms with van der Waals surface area (Å²) < 4.78 is 5.20. The number of carbonyl (C=O) groups excluding carboxylic acids is 1. The summed E-state index contributed by atoms with van der Waals surface area (Å²) in [6.45, 7) is 7.97. The van der Waals surface area contributed by atoms with Crippen LogP contribution in [-0.2, 0) is 14.3 Å². The Morgan fingerprint density at radius 2 is 1.94 bits per heavy atom. The molecule has 0 aliphatic rings. The third kappa shape index (κ3) is 7.74. The first kappa shape index (κ1) is 15.9. The van der Waals surface area contributed by atoms with Gasteiger partial charge in [0.25, 0.3) is 0 Å². The van der Waals surface area contributed by atoms with Gasteiger partial charge in [-0.1, -0.05) is 6.92 Å². The number of nitrogens with zero attached hydrogens (tertiary/aromatic N) is 1. The maximum absolute atomic E-state index is 11.8. The van der Waals surface area contributed by atoms with E-state index < -0.39 is 5.97 Å². The van der Waals surface area contributed by atoms with Crippen LogP contribution in [0.1, 0.15) is 33.6 Å². The third-order valence-corrected chi connectivity index (χ3v) is 2.49. The number of hydrogen-bond acceptors (Lipinski definition) is 3. The van der Waals surface area contributed by atoms with E-state index in [9.17, 15) is 9.59 Å². The van der Waals surface area contributed by atoms with E-state index in [0.717, 1.165) is 0 Å². The molecule has 0 radical (unpaired) electrons. The van der Waals surface area contributed by atoms with Crippen LogP contribution in [0.2, 0.25) is 0 Å². The van der Waals surface area contributed by atoms with E-state index >= 15 is 0 Å². The molecule has 0 heterocycles. The Bertz CT molecular complexity index is 243. The molecule has 5 nitrogen and oxygen atoms in total. The molecule has 5 heteroatoms. The quantitative estimate of drug-likeness (QED) is 0.623. The summed E-state index contributed by atoms with van der Waals surface area (Å²) in [6, 6.07) is 0. The largest absolute Gasteiger partial charge is 0.481 e. The topological polar surface area (TPSA) is 66.8 Å². The Balaban J connectivity index is 4.02. The number of carboxylic acid groups (broad SMARTS) is 1. The van der Waals surface area contributed by atoms with Gasteiger partial charge >= 0.3 is 5.97 Å². The Morgan fingerprint density at radius 1 is 1.29 bits per heavy atom. The number of carbonyl (C=O) groups is 2. The fourth-order valence-corrected chi connectivity index (χ4v) is 1.58. The van der Waals surface area contributed by atoms with Gasteiger partial charge in [-0.25, -0.2) is 0 Å². The molecule has 0 saturated carbocycles. The Kier molecular flexibility index (Phi) is 8.40. The number of carboxylic acids is 1. The fraction of sp³-hybridized carbons (Fsp3) is 0.833. The second-order valence-corrected chi connectivity index (χ2v) is 4.08. The molecule has 1 N–H and O–H groups in total. The van der Waals surface area contributed by atoms with E-state index in [4.69, 9.17) is 9.84 Å². The van der Waals surface area contributed by atoms with Crippen LogP contribution in [0.4, 0.5) is 0 Å². The van der Waals surface area contributed by atoms with Crippen LogP contribution in [0.25, 0.3) is 0 Å². The van der Waals surface area contributed by atoms with Crippen molar-refractivity contribution >= 4 is 11.9 Å². The predicted molar refractivity (Wildman–Crippen MR) is 64.8 cm³/mol. The standard InChI is InChI=1S/C12H23NO4/c1-4-13(6-7-17-5-2)11(14)8-10(3)9-12(15)16/h10H,4-9H2,1-3H3,(H,15,16). The SMILES string of the molecule is CCOCCN(CC)C(=O)CC(C)CC(=O)O. The maximum atomic E-state index is 11.8. The predicted octanol–water partition coefficient (Wildman–Crippen LogP) is 1.37. The minimum absolute atomic E-state index is 0.000882. The summed E-state index contributed by atoms with van der Waals surface area (Å²) >= 11 is 0. The van der Waals surface area contributed by atoms with Crippen LogP contribution in [0.3, 0.4) is 0 Å². The van der Waals surface area contributed by atoms with E-state index in [-0.39, 0.29) is 24.7 Å². The van der Waals surface area contributed by atoms with E-state index in [1.807, 2.05) is 13.8 Å². The molecular formula is C12H23NO4. The fourth-order valence-electron chi connectivity index (χ4n) is 1.58. The number of aliphatic carboxylic acids is 1. The Hall–Kier alpha value is -1.10. The van der Waals surface area contributed by atoms with Gasteiger partial charge in [-0.3, -0.25) is 9.59 Å². The van der Waals surface area contributed by atoms with Gasteiger partial charge in [-0.15, -0.1) is 0 Å². The monoisotopic (exact) mass is 245 g/mol. The van der Waals surface area contributed by atoms with E-state index in [1.165, 1.54) is 0 Å². The molecule has 1 unspecified atom stereocenters. The van der Waals surface area contributed by atoms with E-state index in [2.05, 4.69) is 0 Å². The van der Waals surface area contributed by atoms with Gasteiger partial charge in [-0.2, -0.15) is 0 Å². The zero-order valence-corrected chi connectivity index (χ0v) is 10.9. The minimum atomic E-state index is -0.859. The van der Waals surface area contributed by atoms with E-state index in [0.29, 0.717) is 26.3 Å². The second kappa shape index (κ2) is 8.98. The molecule has 1 amide bonds. The lowest BCUT2D eigenvalue weighted by Crippen LogP contribution is -2.34. The average Bonchev–Trinajstić information content (AvgIpc) is 2.22. The molecule has 0 aromatic heterocycles. The van der Waals surface area contributed by atoms with Crippen LogP contribution in [-0.4, -0.2) is 48.2 Å². The first-order valence-electron chi connectivity index (χ1n) is 6.08. The number of hydrogen-bond donors (Lipinski definition) is 1. The van der Waals surface area contributed by atoms with Gasteiger partial charge < -0.3 is 14.7 Å². The number of rotatable bonds is 9. The first-order chi connectivity index (χ1) is 8.01. The molecule has 0 aliphatic heterocycles. The molecular weight excluding hydrogens is 222 g/mol. The molecule has 0 aromatic carbocycles. The zero-order valence-electron chi connectivity index (χ0n) is 10.9. The molecule has 0 aromatic rings. The van der Waals surface area contributed by atoms with Gasteiger partial charge in [0.2, 0.25) is 5.91 Å². The first-order valence-corrected chi connectivity index (χ1v) is 6.08. The lowest BCUT2D eigenvalue weighted by atomic mass is 10.0. The Labute approximate surface area is 103 Å². The van der Waals surface area contributed by atoms with Crippen molar-refractivity contribution in [1.82, 2.24) is 4.90 Å². The Morgan fingerprint density at radius 3 is 2.41 bits per heavy atom. The van der Waals surface area contributed by atoms with Crippen LogP contribution in [0, 0.1) is 5.92 Å². The molecule has 0 rings (SSSR count). The molecule has 0 aliphatic carbocycles. The number of amides is 1. The normalized spacial score (nSPS) is 12.2. The van der Waals surface area contributed by atoms with Crippen molar-refractivity contribution in [2.75, 3.05) is 26.3 Å². The lowest BCUT2D eigenvalue weighted by molar-refractivity contribution is -0.138. The van der Waals surface area contributed by atoms with Crippen LogP contribution < -0.4 is 0 Å². The zero-order chi connectivity index (χ0) is 13.3. The summed E-state index contributed by atoms with van der Waals surface area (Å²) in [7, 11) is 0. The van der Waals surface area contributed by atoms with Gasteiger partial charge in [0, 0.05) is 32.5 Å². The van der Waals surface area contributed by atoms with Gasteiger partial charge in [0.15, 0.2) is 0 Å². The summed E-state index contributed by atoms with van der Waals surface area (Å²) in [4.78, 5) is 24.0. The van der Waals surface area contributed by atoms with Crippen molar-refractivity contribution in [3.05, 3.63) is 0 Å². The number of likely N-dealkylation sites (N-methyl/N-ethyl adjacent to an activating group) is 1. The highest BCUT2D eigenvalue weighted by Crippen LogP contribution is 2.09. The molecule has 1 atom stereocenters. The highest BCUT2D eigenvalue weighted by molar-refractivity contribution is 5.77. The van der Waals surface area contributed by atoms with Crippen LogP contribution in [0.15, 0.2) is 0 Å². The summed E-state index contributed by atoms with van der Waals surface area (Å²) in [5, 5.41) is 8.62. The molecule has 17 heavy (non-hydrogen) atoms. The molecule has 0 spiro atoms. The van der Waals surface area contributed by atoms with Crippen LogP contribution >= 0.6 is 0 Å². The third-order valence-electron chi connectivity index (χ3n) is 2.49. The highest BCUT2D eigenvalue weighted by Gasteiger charge is 2.16. The minimum Gasteiger partial charge on any atom is -0.481 e. The van der Waals surface area contributed by atoms with Crippen molar-refractivity contribution in [2.45, 2.75) is 33.6 Å². The van der Waals surface area contributed by atoms with E-state index in [1.54, 1.807) is 11.8 Å². The van der Waals surface area contributed by atoms with Gasteiger partial charge in [-0.05, 0) is 19.8 Å². The molecule has 100 valence electrons. The highest BCUT2D eigenvalue weighted by atomic mass is 16.5. The smallest absolute Gasteiger partial charge is 0.303 e. The van der Waals surface area contributed by atoms with Gasteiger partial charge in [0.1, 0.15) is 0 Å². The van der Waals surface area contributed by atoms with Crippen LogP contribution in [0.5, 0.6) is 0 Å². The van der Waals surface area contributed by atoms with Crippen molar-refractivity contribution in [2.24, 2.45) is 5.92 Å². The average molecular weight is 245 g/mol. The number of ether oxygens (including phenoxy) is 1. The molecule has 0 fully saturated rings. The summed E-state index contributed by atoms with van der Waals surface area (Å²) in [5.74, 6) is -0.982. The van der Waals surface area contributed by atoms with Crippen molar-refractivity contribution < 1.29 is 19.4 Å². The summed E-state index contributed by atoms with van der Waals surface area (Å²) in [6.07, 6.45) is 0.320. The van der Waals surface area contributed by atoms with Crippen molar-refractivity contribution in [3.8, 4) is 0 Å². The van der Waals surface area contributed by atoms with Gasteiger partial charge in [0.05, 0.1) is 6.61 Å². The second-order valence-electron chi connectivity index (χ2n) is 4.08. The summed E-state index contributed by atoms with van der Waals surface area (Å²) in [5.41, 5.74) is 0. The molecule has 0 bridgehead atoms. The van der Waals surface area contributed by atoms with Crippen molar-refractivity contribution in [3.63, 3.8) is 0 Å².